The number of H-pyrrole nitrogens is 1. The van der Waals surface area contributed by atoms with Crippen LogP contribution in [0.1, 0.15) is 47.7 Å². The Morgan fingerprint density at radius 1 is 1.07 bits per heavy atom. The Bertz CT molecular complexity index is 1010. The van der Waals surface area contributed by atoms with E-state index in [0.717, 1.165) is 33.1 Å². The molecule has 0 saturated carbocycles. The molecule has 3 aromatic rings. The molecule has 7 nitrogen and oxygen atoms in total. The molecule has 1 aliphatic heterocycles. The summed E-state index contributed by atoms with van der Waals surface area (Å²) in [4.78, 5) is 9.10. The van der Waals surface area contributed by atoms with Crippen molar-refractivity contribution >= 4 is 45.9 Å². The van der Waals surface area contributed by atoms with Crippen molar-refractivity contribution in [3.63, 3.8) is 0 Å². The van der Waals surface area contributed by atoms with Crippen LogP contribution >= 0.6 is 22.6 Å². The monoisotopic (exact) mass is 503 g/mol. The molecule has 1 aromatic carbocycles. The standard InChI is InChI=1S/C21H26IN7/c1-12-9-18(13(2)8-15(12)17-6-4-5-7-23-17)25-21-24-11-16(22)20(27-21)26-19-10-14(3)28-29-19/h8-11,17,23H,4-7H2,1-3H3,(H3,24,25,26,27,28,29). The highest BCUT2D eigenvalue weighted by Gasteiger charge is 2.18. The second-order valence-electron chi connectivity index (χ2n) is 7.60. The van der Waals surface area contributed by atoms with Gasteiger partial charge in [-0.2, -0.15) is 10.1 Å². The van der Waals surface area contributed by atoms with Crippen LogP contribution in [-0.2, 0) is 0 Å². The van der Waals surface area contributed by atoms with Crippen LogP contribution in [0.2, 0.25) is 0 Å². The summed E-state index contributed by atoms with van der Waals surface area (Å²) in [5.41, 5.74) is 5.90. The number of aryl methyl sites for hydroxylation is 3. The van der Waals surface area contributed by atoms with Crippen molar-refractivity contribution in [1.82, 2.24) is 25.5 Å². The zero-order valence-electron chi connectivity index (χ0n) is 16.9. The summed E-state index contributed by atoms with van der Waals surface area (Å²) < 4.78 is 0.931. The average molecular weight is 503 g/mol. The Morgan fingerprint density at radius 2 is 1.93 bits per heavy atom. The van der Waals surface area contributed by atoms with E-state index in [0.29, 0.717) is 12.0 Å². The first-order chi connectivity index (χ1) is 14.0. The van der Waals surface area contributed by atoms with Gasteiger partial charge < -0.3 is 16.0 Å². The molecule has 0 radical (unpaired) electrons. The average Bonchev–Trinajstić information content (AvgIpc) is 3.12. The molecule has 0 amide bonds. The van der Waals surface area contributed by atoms with Gasteiger partial charge >= 0.3 is 0 Å². The van der Waals surface area contributed by atoms with Gasteiger partial charge in [-0.05, 0) is 85.5 Å². The second kappa shape index (κ2) is 8.66. The van der Waals surface area contributed by atoms with E-state index in [-0.39, 0.29) is 0 Å². The maximum absolute atomic E-state index is 4.65. The van der Waals surface area contributed by atoms with Crippen molar-refractivity contribution in [3.05, 3.63) is 50.4 Å². The number of anilines is 4. The Labute approximate surface area is 184 Å². The van der Waals surface area contributed by atoms with Crippen LogP contribution in [0, 0.1) is 24.3 Å². The lowest BCUT2D eigenvalue weighted by Crippen LogP contribution is -2.27. The third kappa shape index (κ3) is 4.69. The van der Waals surface area contributed by atoms with Gasteiger partial charge in [0.2, 0.25) is 5.95 Å². The minimum Gasteiger partial charge on any atom is -0.324 e. The molecule has 1 aliphatic rings. The summed E-state index contributed by atoms with van der Waals surface area (Å²) in [7, 11) is 0. The van der Waals surface area contributed by atoms with Crippen molar-refractivity contribution < 1.29 is 0 Å². The quantitative estimate of drug-likeness (QED) is 0.365. The fraction of sp³-hybridized carbons (Fsp3) is 0.381. The summed E-state index contributed by atoms with van der Waals surface area (Å²) in [6, 6.07) is 6.89. The SMILES string of the molecule is Cc1cc(Nc2nc(Nc3cc(C)c(C4CCCCN4)cc3C)ncc2I)n[nH]1. The molecule has 1 saturated heterocycles. The van der Waals surface area contributed by atoms with E-state index in [4.69, 9.17) is 0 Å². The van der Waals surface area contributed by atoms with Gasteiger partial charge in [-0.1, -0.05) is 12.5 Å². The second-order valence-corrected chi connectivity index (χ2v) is 8.76. The maximum Gasteiger partial charge on any atom is 0.229 e. The molecule has 1 atom stereocenters. The Kier molecular flexibility index (Phi) is 6.00. The number of hydrogen-bond acceptors (Lipinski definition) is 6. The number of nitrogens with one attached hydrogen (secondary N) is 4. The van der Waals surface area contributed by atoms with E-state index in [1.807, 2.05) is 13.0 Å². The van der Waals surface area contributed by atoms with E-state index >= 15 is 0 Å². The number of benzene rings is 1. The lowest BCUT2D eigenvalue weighted by atomic mass is 9.92. The first-order valence-corrected chi connectivity index (χ1v) is 11.0. The van der Waals surface area contributed by atoms with E-state index in [9.17, 15) is 0 Å². The molecule has 4 N–H and O–H groups in total. The molecule has 8 heteroatoms. The Morgan fingerprint density at radius 3 is 2.66 bits per heavy atom. The number of hydrogen-bond donors (Lipinski definition) is 4. The van der Waals surface area contributed by atoms with Gasteiger partial charge in [0, 0.05) is 29.7 Å². The maximum atomic E-state index is 4.65. The molecule has 1 unspecified atom stereocenters. The van der Waals surface area contributed by atoms with Gasteiger partial charge in [0.15, 0.2) is 11.6 Å². The lowest BCUT2D eigenvalue weighted by Gasteiger charge is -2.26. The molecule has 4 rings (SSSR count). The van der Waals surface area contributed by atoms with Crippen LogP contribution < -0.4 is 16.0 Å². The first kappa shape index (κ1) is 20.1. The molecule has 0 aliphatic carbocycles. The fourth-order valence-corrected chi connectivity index (χ4v) is 4.10. The van der Waals surface area contributed by atoms with E-state index in [1.54, 1.807) is 6.20 Å². The number of nitrogens with zero attached hydrogens (tertiary/aromatic N) is 3. The van der Waals surface area contributed by atoms with Crippen LogP contribution in [0.25, 0.3) is 0 Å². The first-order valence-electron chi connectivity index (χ1n) is 9.93. The molecule has 152 valence electrons. The summed E-state index contributed by atoms with van der Waals surface area (Å²) in [6.45, 7) is 7.38. The predicted molar refractivity (Wildman–Crippen MR) is 125 cm³/mol. The van der Waals surface area contributed by atoms with Gasteiger partial charge in [0.1, 0.15) is 0 Å². The summed E-state index contributed by atoms with van der Waals surface area (Å²) >= 11 is 2.22. The van der Waals surface area contributed by atoms with Crippen LogP contribution in [0.5, 0.6) is 0 Å². The third-order valence-electron chi connectivity index (χ3n) is 5.24. The van der Waals surface area contributed by atoms with Crippen molar-refractivity contribution in [2.45, 2.75) is 46.1 Å². The zero-order chi connectivity index (χ0) is 20.4. The van der Waals surface area contributed by atoms with E-state index in [2.05, 4.69) is 84.7 Å². The lowest BCUT2D eigenvalue weighted by molar-refractivity contribution is 0.411. The molecular weight excluding hydrogens is 477 g/mol. The highest BCUT2D eigenvalue weighted by molar-refractivity contribution is 14.1. The molecular formula is C21H26IN7. The highest BCUT2D eigenvalue weighted by Crippen LogP contribution is 2.31. The minimum absolute atomic E-state index is 0.458. The highest BCUT2D eigenvalue weighted by atomic mass is 127. The van der Waals surface area contributed by atoms with Crippen LogP contribution in [0.4, 0.5) is 23.3 Å². The minimum atomic E-state index is 0.458. The van der Waals surface area contributed by atoms with Gasteiger partial charge in [0.05, 0.1) is 3.57 Å². The van der Waals surface area contributed by atoms with Gasteiger partial charge in [-0.25, -0.2) is 4.98 Å². The predicted octanol–water partition coefficient (Wildman–Crippen LogP) is 5.03. The number of rotatable bonds is 5. The molecule has 29 heavy (non-hydrogen) atoms. The molecule has 0 spiro atoms. The molecule has 1 fully saturated rings. The number of aromatic amines is 1. The van der Waals surface area contributed by atoms with Crippen molar-refractivity contribution in [2.24, 2.45) is 0 Å². The molecule has 2 aromatic heterocycles. The molecule has 3 heterocycles. The molecule has 0 bridgehead atoms. The Hall–Kier alpha value is -2.20. The summed E-state index contributed by atoms with van der Waals surface area (Å²) in [5.74, 6) is 2.03. The van der Waals surface area contributed by atoms with Crippen molar-refractivity contribution in [3.8, 4) is 0 Å². The van der Waals surface area contributed by atoms with Crippen LogP contribution in [-0.4, -0.2) is 26.7 Å². The van der Waals surface area contributed by atoms with E-state index < -0.39 is 0 Å². The van der Waals surface area contributed by atoms with E-state index in [1.165, 1.54) is 36.0 Å². The topological polar surface area (TPSA) is 90.6 Å². The van der Waals surface area contributed by atoms with Crippen molar-refractivity contribution in [2.75, 3.05) is 17.2 Å². The Balaban J connectivity index is 1.55. The number of piperidine rings is 1. The van der Waals surface area contributed by atoms with Gasteiger partial charge in [-0.15, -0.1) is 0 Å². The van der Waals surface area contributed by atoms with Gasteiger partial charge in [-0.3, -0.25) is 5.10 Å². The van der Waals surface area contributed by atoms with Crippen LogP contribution in [0.15, 0.2) is 24.4 Å². The number of aromatic nitrogens is 4. The fourth-order valence-electron chi connectivity index (χ4n) is 3.70. The van der Waals surface area contributed by atoms with Crippen molar-refractivity contribution in [1.29, 1.82) is 0 Å². The summed E-state index contributed by atoms with van der Waals surface area (Å²) in [5, 5.41) is 17.4. The summed E-state index contributed by atoms with van der Waals surface area (Å²) in [6.07, 6.45) is 5.57. The van der Waals surface area contributed by atoms with Gasteiger partial charge in [0.25, 0.3) is 0 Å². The zero-order valence-corrected chi connectivity index (χ0v) is 19.1. The van der Waals surface area contributed by atoms with Crippen LogP contribution in [0.3, 0.4) is 0 Å². The normalized spacial score (nSPS) is 16.6. The smallest absolute Gasteiger partial charge is 0.229 e. The largest absolute Gasteiger partial charge is 0.324 e. The third-order valence-corrected chi connectivity index (χ3v) is 6.03. The number of halogens is 1.